The molecule has 4 heteroatoms. The van der Waals surface area contributed by atoms with Crippen LogP contribution >= 0.6 is 34.2 Å². The third-order valence-corrected chi connectivity index (χ3v) is 2.75. The van der Waals surface area contributed by atoms with Crippen molar-refractivity contribution in [3.8, 4) is 0 Å². The van der Waals surface area contributed by atoms with E-state index in [2.05, 4.69) is 27.6 Å². The maximum atomic E-state index is 11.1. The lowest BCUT2D eigenvalue weighted by molar-refractivity contribution is 0.101. The van der Waals surface area contributed by atoms with E-state index in [1.165, 1.54) is 0 Å². The predicted molar refractivity (Wildman–Crippen MR) is 56.1 cm³/mol. The molecule has 1 aliphatic heterocycles. The standard InChI is InChI=1S/C8H3ClINO/c9-4-1-5-6(7(10)2-4)3-11-8(5)12/h1-3H. The fraction of sp³-hybridized carbons (Fsp3) is 0. The Hall–Kier alpha value is -0.420. The number of carbonyl (C=O) groups is 1. The van der Waals surface area contributed by atoms with Gasteiger partial charge in [-0.25, -0.2) is 4.99 Å². The molecule has 0 N–H and O–H groups in total. The molecule has 0 aromatic heterocycles. The summed E-state index contributed by atoms with van der Waals surface area (Å²) >= 11 is 7.92. The molecule has 1 aromatic rings. The Balaban J connectivity index is 2.74. The summed E-state index contributed by atoms with van der Waals surface area (Å²) in [5.74, 6) is -0.203. The number of hydrogen-bond donors (Lipinski definition) is 0. The van der Waals surface area contributed by atoms with Gasteiger partial charge >= 0.3 is 0 Å². The number of benzene rings is 1. The van der Waals surface area contributed by atoms with Gasteiger partial charge in [0.25, 0.3) is 5.91 Å². The summed E-state index contributed by atoms with van der Waals surface area (Å²) < 4.78 is 0.963. The topological polar surface area (TPSA) is 29.4 Å². The molecule has 0 saturated heterocycles. The summed E-state index contributed by atoms with van der Waals surface area (Å²) in [5, 5.41) is 0.581. The Labute approximate surface area is 87.8 Å². The van der Waals surface area contributed by atoms with Crippen LogP contribution in [0.3, 0.4) is 0 Å². The van der Waals surface area contributed by atoms with Gasteiger partial charge in [0, 0.05) is 20.4 Å². The van der Waals surface area contributed by atoms with Crippen LogP contribution in [0.1, 0.15) is 15.9 Å². The van der Waals surface area contributed by atoms with Crippen molar-refractivity contribution < 1.29 is 4.79 Å². The molecule has 0 radical (unpaired) electrons. The number of aliphatic imine (C=N–C) groups is 1. The van der Waals surface area contributed by atoms with Crippen molar-refractivity contribution in [2.24, 2.45) is 4.99 Å². The number of amides is 1. The van der Waals surface area contributed by atoms with Crippen LogP contribution in [-0.4, -0.2) is 12.1 Å². The van der Waals surface area contributed by atoms with E-state index in [9.17, 15) is 4.79 Å². The van der Waals surface area contributed by atoms with Gasteiger partial charge in [0.1, 0.15) is 0 Å². The van der Waals surface area contributed by atoms with Gasteiger partial charge in [-0.1, -0.05) is 11.6 Å². The molecule has 60 valence electrons. The average molecular weight is 291 g/mol. The van der Waals surface area contributed by atoms with Crippen LogP contribution in [0.15, 0.2) is 17.1 Å². The Morgan fingerprint density at radius 1 is 1.42 bits per heavy atom. The quantitative estimate of drug-likeness (QED) is 0.675. The fourth-order valence-corrected chi connectivity index (χ4v) is 2.25. The van der Waals surface area contributed by atoms with E-state index >= 15 is 0 Å². The van der Waals surface area contributed by atoms with Gasteiger partial charge in [-0.2, -0.15) is 0 Å². The molecule has 0 unspecified atom stereocenters. The van der Waals surface area contributed by atoms with Gasteiger partial charge in [-0.05, 0) is 34.7 Å². The van der Waals surface area contributed by atoms with Crippen LogP contribution in [0.5, 0.6) is 0 Å². The first-order chi connectivity index (χ1) is 5.68. The second kappa shape index (κ2) is 2.81. The lowest BCUT2D eigenvalue weighted by Gasteiger charge is -1.99. The van der Waals surface area contributed by atoms with Crippen LogP contribution in [0.2, 0.25) is 5.02 Å². The minimum absolute atomic E-state index is 0.203. The van der Waals surface area contributed by atoms with Gasteiger partial charge in [0.2, 0.25) is 0 Å². The predicted octanol–water partition coefficient (Wildman–Crippen LogP) is 2.52. The number of fused-ring (bicyclic) bond motifs is 1. The highest BCUT2D eigenvalue weighted by Crippen LogP contribution is 2.24. The highest BCUT2D eigenvalue weighted by atomic mass is 127. The Morgan fingerprint density at radius 2 is 2.17 bits per heavy atom. The van der Waals surface area contributed by atoms with Crippen molar-refractivity contribution in [2.45, 2.75) is 0 Å². The molecule has 2 rings (SSSR count). The third kappa shape index (κ3) is 1.17. The maximum absolute atomic E-state index is 11.1. The minimum Gasteiger partial charge on any atom is -0.267 e. The van der Waals surface area contributed by atoms with Crippen molar-refractivity contribution >= 4 is 46.3 Å². The molecule has 1 amide bonds. The largest absolute Gasteiger partial charge is 0.277 e. The molecule has 0 atom stereocenters. The molecule has 0 bridgehead atoms. The summed E-state index contributed by atoms with van der Waals surface area (Å²) in [5.41, 5.74) is 1.48. The number of carbonyl (C=O) groups excluding carboxylic acids is 1. The Kier molecular flexibility index (Phi) is 1.92. The monoisotopic (exact) mass is 291 g/mol. The molecule has 0 spiro atoms. The molecule has 1 aromatic carbocycles. The lowest BCUT2D eigenvalue weighted by Crippen LogP contribution is -1.93. The van der Waals surface area contributed by atoms with E-state index < -0.39 is 0 Å². The highest BCUT2D eigenvalue weighted by molar-refractivity contribution is 14.1. The number of rotatable bonds is 0. The van der Waals surface area contributed by atoms with Crippen molar-refractivity contribution in [3.63, 3.8) is 0 Å². The van der Waals surface area contributed by atoms with E-state index in [-0.39, 0.29) is 5.91 Å². The average Bonchev–Trinajstić information content (AvgIpc) is 2.33. The Bertz CT molecular complexity index is 400. The number of hydrogen-bond acceptors (Lipinski definition) is 1. The minimum atomic E-state index is -0.203. The fourth-order valence-electron chi connectivity index (χ4n) is 1.09. The molecule has 0 fully saturated rings. The highest BCUT2D eigenvalue weighted by Gasteiger charge is 2.18. The Morgan fingerprint density at radius 3 is 2.92 bits per heavy atom. The third-order valence-electron chi connectivity index (χ3n) is 1.64. The van der Waals surface area contributed by atoms with E-state index in [0.29, 0.717) is 10.6 Å². The van der Waals surface area contributed by atoms with Gasteiger partial charge in [0.05, 0.1) is 5.56 Å². The van der Waals surface area contributed by atoms with Gasteiger partial charge < -0.3 is 0 Å². The SMILES string of the molecule is O=C1N=Cc2c(I)cc(Cl)cc21. The van der Waals surface area contributed by atoms with Crippen LogP contribution in [0.4, 0.5) is 0 Å². The summed E-state index contributed by atoms with van der Waals surface area (Å²) in [6.07, 6.45) is 1.58. The first kappa shape index (κ1) is 8.19. The molecule has 0 saturated carbocycles. The van der Waals surface area contributed by atoms with E-state index in [0.717, 1.165) is 9.13 Å². The molecule has 0 aliphatic carbocycles. The summed E-state index contributed by atoms with van der Waals surface area (Å²) in [4.78, 5) is 14.8. The molecular weight excluding hydrogens is 288 g/mol. The van der Waals surface area contributed by atoms with Crippen molar-refractivity contribution in [1.29, 1.82) is 0 Å². The van der Waals surface area contributed by atoms with Gasteiger partial charge in [-0.15, -0.1) is 0 Å². The summed E-state index contributed by atoms with van der Waals surface area (Å²) in [7, 11) is 0. The molecule has 2 nitrogen and oxygen atoms in total. The van der Waals surface area contributed by atoms with E-state index in [1.807, 2.05) is 6.07 Å². The first-order valence-electron chi connectivity index (χ1n) is 3.26. The zero-order valence-corrected chi connectivity index (χ0v) is 8.76. The van der Waals surface area contributed by atoms with Gasteiger partial charge in [-0.3, -0.25) is 4.79 Å². The van der Waals surface area contributed by atoms with Gasteiger partial charge in [0.15, 0.2) is 0 Å². The molecule has 12 heavy (non-hydrogen) atoms. The molecule has 1 aliphatic rings. The zero-order chi connectivity index (χ0) is 8.72. The van der Waals surface area contributed by atoms with Crippen LogP contribution in [0, 0.1) is 3.57 Å². The summed E-state index contributed by atoms with van der Waals surface area (Å²) in [6, 6.07) is 3.46. The maximum Gasteiger partial charge on any atom is 0.277 e. The first-order valence-corrected chi connectivity index (χ1v) is 4.71. The van der Waals surface area contributed by atoms with Crippen LogP contribution < -0.4 is 0 Å². The van der Waals surface area contributed by atoms with E-state index in [4.69, 9.17) is 11.6 Å². The molecular formula is C8H3ClINO. The second-order valence-corrected chi connectivity index (χ2v) is 4.01. The normalized spacial score (nSPS) is 13.7. The number of halogens is 2. The molecule has 1 heterocycles. The lowest BCUT2D eigenvalue weighted by atomic mass is 10.1. The smallest absolute Gasteiger partial charge is 0.267 e. The van der Waals surface area contributed by atoms with Crippen LogP contribution in [-0.2, 0) is 0 Å². The van der Waals surface area contributed by atoms with E-state index in [1.54, 1.807) is 12.3 Å². The van der Waals surface area contributed by atoms with Crippen molar-refractivity contribution in [3.05, 3.63) is 31.9 Å². The van der Waals surface area contributed by atoms with Crippen molar-refractivity contribution in [2.75, 3.05) is 0 Å². The van der Waals surface area contributed by atoms with Crippen LogP contribution in [0.25, 0.3) is 0 Å². The number of nitrogens with zero attached hydrogens (tertiary/aromatic N) is 1. The van der Waals surface area contributed by atoms with Crippen molar-refractivity contribution in [1.82, 2.24) is 0 Å². The zero-order valence-electron chi connectivity index (χ0n) is 5.84. The summed E-state index contributed by atoms with van der Waals surface area (Å²) in [6.45, 7) is 0. The second-order valence-electron chi connectivity index (χ2n) is 2.41.